The van der Waals surface area contributed by atoms with E-state index in [2.05, 4.69) is 12.2 Å². The molecular formula is C16H24N2O2. The van der Waals surface area contributed by atoms with Crippen LogP contribution in [0.1, 0.15) is 38.2 Å². The van der Waals surface area contributed by atoms with Crippen LogP contribution in [0, 0.1) is 5.92 Å². The molecule has 0 heterocycles. The molecule has 1 aromatic carbocycles. The van der Waals surface area contributed by atoms with Crippen LogP contribution in [-0.4, -0.2) is 23.2 Å². The average Bonchev–Trinajstić information content (AvgIpc) is 2.43. The van der Waals surface area contributed by atoms with Crippen LogP contribution in [0.4, 0.5) is 5.69 Å². The lowest BCUT2D eigenvalue weighted by molar-refractivity contribution is -0.122. The number of anilines is 1. The Labute approximate surface area is 120 Å². The highest BCUT2D eigenvalue weighted by Gasteiger charge is 2.31. The zero-order valence-electron chi connectivity index (χ0n) is 12.1. The fourth-order valence-corrected chi connectivity index (χ4v) is 2.62. The van der Waals surface area contributed by atoms with Gasteiger partial charge in [0.25, 0.3) is 0 Å². The molecule has 1 aliphatic carbocycles. The maximum atomic E-state index is 11.9. The molecule has 110 valence electrons. The third-order valence-corrected chi connectivity index (χ3v) is 4.16. The van der Waals surface area contributed by atoms with Crippen molar-refractivity contribution in [2.75, 3.05) is 12.3 Å². The van der Waals surface area contributed by atoms with Crippen LogP contribution < -0.4 is 11.1 Å². The van der Waals surface area contributed by atoms with E-state index in [0.29, 0.717) is 24.6 Å². The lowest BCUT2D eigenvalue weighted by Gasteiger charge is -2.34. The molecule has 0 saturated heterocycles. The molecule has 1 aliphatic rings. The number of nitrogens with one attached hydrogen (secondary N) is 1. The minimum atomic E-state index is -0.719. The van der Waals surface area contributed by atoms with Crippen LogP contribution in [0.15, 0.2) is 24.3 Å². The van der Waals surface area contributed by atoms with Crippen molar-refractivity contribution in [2.24, 2.45) is 5.92 Å². The number of aliphatic hydroxyl groups is 1. The highest BCUT2D eigenvalue weighted by atomic mass is 16.3. The van der Waals surface area contributed by atoms with Crippen LogP contribution >= 0.6 is 0 Å². The van der Waals surface area contributed by atoms with E-state index in [1.165, 1.54) is 0 Å². The molecule has 2 rings (SSSR count). The van der Waals surface area contributed by atoms with E-state index in [0.717, 1.165) is 31.2 Å². The Balaban J connectivity index is 1.79. The predicted molar refractivity (Wildman–Crippen MR) is 80.1 cm³/mol. The van der Waals surface area contributed by atoms with Crippen molar-refractivity contribution in [2.45, 2.75) is 44.6 Å². The average molecular weight is 276 g/mol. The first-order valence-electron chi connectivity index (χ1n) is 7.30. The Kier molecular flexibility index (Phi) is 4.65. The van der Waals surface area contributed by atoms with Gasteiger partial charge in [-0.15, -0.1) is 0 Å². The van der Waals surface area contributed by atoms with Crippen molar-refractivity contribution in [3.8, 4) is 0 Å². The molecule has 20 heavy (non-hydrogen) atoms. The van der Waals surface area contributed by atoms with Gasteiger partial charge in [-0.3, -0.25) is 4.79 Å². The molecule has 4 N–H and O–H groups in total. The van der Waals surface area contributed by atoms with Gasteiger partial charge in [0.15, 0.2) is 0 Å². The summed E-state index contributed by atoms with van der Waals surface area (Å²) in [6, 6.07) is 7.29. The standard InChI is InChI=1S/C16H24N2O2/c1-12-6-8-16(20,9-7-12)11-18-15(19)10-13-2-4-14(17)5-3-13/h2-5,12,20H,6-11,17H2,1H3,(H,18,19). The Hall–Kier alpha value is -1.55. The Bertz CT molecular complexity index is 448. The second kappa shape index (κ2) is 6.27. The number of hydrogen-bond acceptors (Lipinski definition) is 3. The van der Waals surface area contributed by atoms with E-state index in [9.17, 15) is 9.90 Å². The number of carbonyl (C=O) groups is 1. The number of nitrogens with two attached hydrogens (primary N) is 1. The quantitative estimate of drug-likeness (QED) is 0.735. The van der Waals surface area contributed by atoms with Crippen molar-refractivity contribution < 1.29 is 9.90 Å². The van der Waals surface area contributed by atoms with E-state index in [-0.39, 0.29) is 5.91 Å². The monoisotopic (exact) mass is 276 g/mol. The molecule has 4 heteroatoms. The number of rotatable bonds is 4. The SMILES string of the molecule is CC1CCC(O)(CNC(=O)Cc2ccc(N)cc2)CC1. The maximum Gasteiger partial charge on any atom is 0.224 e. The first kappa shape index (κ1) is 14.9. The molecule has 0 atom stereocenters. The topological polar surface area (TPSA) is 75.3 Å². The fourth-order valence-electron chi connectivity index (χ4n) is 2.62. The van der Waals surface area contributed by atoms with Crippen LogP contribution in [0.5, 0.6) is 0 Å². The fraction of sp³-hybridized carbons (Fsp3) is 0.562. The smallest absolute Gasteiger partial charge is 0.224 e. The third-order valence-electron chi connectivity index (χ3n) is 4.16. The zero-order valence-corrected chi connectivity index (χ0v) is 12.1. The number of benzene rings is 1. The van der Waals surface area contributed by atoms with Gasteiger partial charge in [0.1, 0.15) is 0 Å². The van der Waals surface area contributed by atoms with Gasteiger partial charge in [-0.25, -0.2) is 0 Å². The zero-order chi connectivity index (χ0) is 14.6. The van der Waals surface area contributed by atoms with Crippen LogP contribution in [-0.2, 0) is 11.2 Å². The van der Waals surface area contributed by atoms with E-state index in [1.807, 2.05) is 12.1 Å². The molecule has 0 bridgehead atoms. The summed E-state index contributed by atoms with van der Waals surface area (Å²) in [6.07, 6.45) is 3.94. The highest BCUT2D eigenvalue weighted by molar-refractivity contribution is 5.78. The molecule has 4 nitrogen and oxygen atoms in total. The summed E-state index contributed by atoms with van der Waals surface area (Å²) in [7, 11) is 0. The molecular weight excluding hydrogens is 252 g/mol. The number of amides is 1. The molecule has 0 unspecified atom stereocenters. The maximum absolute atomic E-state index is 11.9. The second-order valence-electron chi connectivity index (χ2n) is 6.10. The van der Waals surface area contributed by atoms with E-state index >= 15 is 0 Å². The van der Waals surface area contributed by atoms with E-state index in [4.69, 9.17) is 5.73 Å². The van der Waals surface area contributed by atoms with Gasteiger partial charge in [-0.2, -0.15) is 0 Å². The number of nitrogen functional groups attached to an aromatic ring is 1. The summed E-state index contributed by atoms with van der Waals surface area (Å²) in [6.45, 7) is 2.56. The summed E-state index contributed by atoms with van der Waals surface area (Å²) in [5.74, 6) is 0.627. The molecule has 0 aliphatic heterocycles. The minimum Gasteiger partial charge on any atom is -0.399 e. The molecule has 0 aromatic heterocycles. The summed E-state index contributed by atoms with van der Waals surface area (Å²) >= 11 is 0. The molecule has 0 spiro atoms. The normalized spacial score (nSPS) is 26.2. The van der Waals surface area contributed by atoms with Crippen molar-refractivity contribution in [1.29, 1.82) is 0 Å². The second-order valence-corrected chi connectivity index (χ2v) is 6.10. The van der Waals surface area contributed by atoms with Gasteiger partial charge < -0.3 is 16.2 Å². The van der Waals surface area contributed by atoms with Crippen molar-refractivity contribution in [3.63, 3.8) is 0 Å². The molecule has 1 aromatic rings. The van der Waals surface area contributed by atoms with Gasteiger partial charge in [-0.05, 0) is 49.3 Å². The lowest BCUT2D eigenvalue weighted by Crippen LogP contribution is -2.45. The summed E-state index contributed by atoms with van der Waals surface area (Å²) in [5, 5.41) is 13.3. The summed E-state index contributed by atoms with van der Waals surface area (Å²) < 4.78 is 0. The molecule has 0 radical (unpaired) electrons. The van der Waals surface area contributed by atoms with Gasteiger partial charge in [0.2, 0.25) is 5.91 Å². The van der Waals surface area contributed by atoms with E-state index < -0.39 is 5.60 Å². The largest absolute Gasteiger partial charge is 0.399 e. The van der Waals surface area contributed by atoms with Crippen molar-refractivity contribution >= 4 is 11.6 Å². The third kappa shape index (κ3) is 4.23. The highest BCUT2D eigenvalue weighted by Crippen LogP contribution is 2.31. The van der Waals surface area contributed by atoms with Crippen molar-refractivity contribution in [3.05, 3.63) is 29.8 Å². The first-order chi connectivity index (χ1) is 9.47. The Morgan fingerprint density at radius 2 is 1.95 bits per heavy atom. The minimum absolute atomic E-state index is 0.0539. The van der Waals surface area contributed by atoms with Crippen LogP contribution in [0.2, 0.25) is 0 Å². The van der Waals surface area contributed by atoms with Gasteiger partial charge in [0, 0.05) is 12.2 Å². The van der Waals surface area contributed by atoms with Crippen LogP contribution in [0.3, 0.4) is 0 Å². The Morgan fingerprint density at radius 1 is 1.35 bits per heavy atom. The predicted octanol–water partition coefficient (Wildman–Crippen LogP) is 1.87. The van der Waals surface area contributed by atoms with Gasteiger partial charge >= 0.3 is 0 Å². The molecule has 1 amide bonds. The van der Waals surface area contributed by atoms with Crippen LogP contribution in [0.25, 0.3) is 0 Å². The first-order valence-corrected chi connectivity index (χ1v) is 7.30. The van der Waals surface area contributed by atoms with Crippen molar-refractivity contribution in [1.82, 2.24) is 5.32 Å². The summed E-state index contributed by atoms with van der Waals surface area (Å²) in [5.41, 5.74) is 6.52. The molecule has 1 fully saturated rings. The van der Waals surface area contributed by atoms with Gasteiger partial charge in [0.05, 0.1) is 12.0 Å². The lowest BCUT2D eigenvalue weighted by atomic mass is 9.79. The number of carbonyl (C=O) groups excluding carboxylic acids is 1. The Morgan fingerprint density at radius 3 is 2.55 bits per heavy atom. The van der Waals surface area contributed by atoms with E-state index in [1.54, 1.807) is 12.1 Å². The summed E-state index contributed by atoms with van der Waals surface area (Å²) in [4.78, 5) is 11.9. The molecule has 1 saturated carbocycles. The number of hydrogen-bond donors (Lipinski definition) is 3. The van der Waals surface area contributed by atoms with Gasteiger partial charge in [-0.1, -0.05) is 19.1 Å².